The molecule has 1 saturated heterocycles. The van der Waals surface area contributed by atoms with E-state index in [1.54, 1.807) is 0 Å². The Morgan fingerprint density at radius 3 is 2.80 bits per heavy atom. The molecule has 0 radical (unpaired) electrons. The quantitative estimate of drug-likeness (QED) is 0.772. The lowest BCUT2D eigenvalue weighted by molar-refractivity contribution is -0.0877. The van der Waals surface area contributed by atoms with Crippen molar-refractivity contribution in [2.75, 3.05) is 26.4 Å². The Labute approximate surface area is 92.5 Å². The van der Waals surface area contributed by atoms with Crippen LogP contribution in [0.4, 0.5) is 0 Å². The standard InChI is InChI=1S/C12H23NO2/c1-10-4-2-3-5-12(10)13-8-11-9-14-6-7-15-11/h10-13H,2-9H2,1H3. The Kier molecular flexibility index (Phi) is 4.42. The molecule has 1 saturated carbocycles. The Morgan fingerprint density at radius 1 is 1.20 bits per heavy atom. The molecule has 0 aromatic rings. The Morgan fingerprint density at radius 2 is 2.07 bits per heavy atom. The smallest absolute Gasteiger partial charge is 0.0933 e. The zero-order chi connectivity index (χ0) is 10.5. The van der Waals surface area contributed by atoms with E-state index < -0.39 is 0 Å². The van der Waals surface area contributed by atoms with Crippen molar-refractivity contribution in [1.82, 2.24) is 5.32 Å². The van der Waals surface area contributed by atoms with E-state index in [-0.39, 0.29) is 6.10 Å². The number of hydrogen-bond acceptors (Lipinski definition) is 3. The molecule has 0 amide bonds. The van der Waals surface area contributed by atoms with Crippen molar-refractivity contribution in [1.29, 1.82) is 0 Å². The molecule has 1 heterocycles. The van der Waals surface area contributed by atoms with Crippen LogP contribution < -0.4 is 5.32 Å². The molecule has 2 rings (SSSR count). The van der Waals surface area contributed by atoms with Gasteiger partial charge in [-0.1, -0.05) is 19.8 Å². The van der Waals surface area contributed by atoms with E-state index in [0.717, 1.165) is 32.3 Å². The van der Waals surface area contributed by atoms with Crippen LogP contribution in [0.1, 0.15) is 32.6 Å². The van der Waals surface area contributed by atoms with Gasteiger partial charge in [0.1, 0.15) is 0 Å². The number of ether oxygens (including phenoxy) is 2. The van der Waals surface area contributed by atoms with Gasteiger partial charge < -0.3 is 14.8 Å². The predicted octanol–water partition coefficient (Wildman–Crippen LogP) is 1.57. The summed E-state index contributed by atoms with van der Waals surface area (Å²) in [6, 6.07) is 0.698. The highest BCUT2D eigenvalue weighted by Crippen LogP contribution is 2.23. The summed E-state index contributed by atoms with van der Waals surface area (Å²) in [5.74, 6) is 0.822. The summed E-state index contributed by atoms with van der Waals surface area (Å²) >= 11 is 0. The molecule has 15 heavy (non-hydrogen) atoms. The molecular weight excluding hydrogens is 190 g/mol. The van der Waals surface area contributed by atoms with Gasteiger partial charge in [-0.05, 0) is 18.8 Å². The third-order valence-electron chi connectivity index (χ3n) is 3.60. The Balaban J connectivity index is 1.67. The van der Waals surface area contributed by atoms with Gasteiger partial charge in [-0.2, -0.15) is 0 Å². The van der Waals surface area contributed by atoms with Crippen LogP contribution in [0.2, 0.25) is 0 Å². The Bertz CT molecular complexity index is 180. The summed E-state index contributed by atoms with van der Waals surface area (Å²) in [5, 5.41) is 3.64. The van der Waals surface area contributed by atoms with Gasteiger partial charge in [0.25, 0.3) is 0 Å². The van der Waals surface area contributed by atoms with Gasteiger partial charge in [0.2, 0.25) is 0 Å². The molecule has 1 N–H and O–H groups in total. The number of rotatable bonds is 3. The van der Waals surface area contributed by atoms with E-state index in [9.17, 15) is 0 Å². The van der Waals surface area contributed by atoms with Crippen LogP contribution in [0, 0.1) is 5.92 Å². The molecule has 3 nitrogen and oxygen atoms in total. The van der Waals surface area contributed by atoms with E-state index in [1.807, 2.05) is 0 Å². The van der Waals surface area contributed by atoms with E-state index in [0.29, 0.717) is 6.04 Å². The maximum atomic E-state index is 5.62. The fourth-order valence-electron chi connectivity index (χ4n) is 2.56. The fraction of sp³-hybridized carbons (Fsp3) is 1.00. The first-order valence-corrected chi connectivity index (χ1v) is 6.29. The maximum Gasteiger partial charge on any atom is 0.0933 e. The minimum atomic E-state index is 0.271. The molecule has 0 bridgehead atoms. The van der Waals surface area contributed by atoms with Crippen LogP contribution in [0.15, 0.2) is 0 Å². The molecule has 3 heteroatoms. The van der Waals surface area contributed by atoms with Crippen molar-refractivity contribution in [2.45, 2.75) is 44.8 Å². The zero-order valence-corrected chi connectivity index (χ0v) is 9.71. The average molecular weight is 213 g/mol. The lowest BCUT2D eigenvalue weighted by atomic mass is 9.86. The first-order valence-electron chi connectivity index (χ1n) is 6.29. The molecular formula is C12H23NO2. The van der Waals surface area contributed by atoms with Crippen LogP contribution >= 0.6 is 0 Å². The van der Waals surface area contributed by atoms with Crippen LogP contribution in [0.25, 0.3) is 0 Å². The van der Waals surface area contributed by atoms with E-state index in [4.69, 9.17) is 9.47 Å². The van der Waals surface area contributed by atoms with Crippen molar-refractivity contribution in [3.63, 3.8) is 0 Å². The maximum absolute atomic E-state index is 5.62. The van der Waals surface area contributed by atoms with Gasteiger partial charge in [0, 0.05) is 12.6 Å². The van der Waals surface area contributed by atoms with E-state index in [1.165, 1.54) is 25.7 Å². The van der Waals surface area contributed by atoms with E-state index >= 15 is 0 Å². The topological polar surface area (TPSA) is 30.5 Å². The first-order chi connectivity index (χ1) is 7.36. The molecule has 1 aliphatic carbocycles. The van der Waals surface area contributed by atoms with Crippen molar-refractivity contribution >= 4 is 0 Å². The van der Waals surface area contributed by atoms with Crippen LogP contribution in [0.3, 0.4) is 0 Å². The number of nitrogens with one attached hydrogen (secondary N) is 1. The fourth-order valence-corrected chi connectivity index (χ4v) is 2.56. The van der Waals surface area contributed by atoms with Crippen molar-refractivity contribution < 1.29 is 9.47 Å². The zero-order valence-electron chi connectivity index (χ0n) is 9.71. The molecule has 0 spiro atoms. The van der Waals surface area contributed by atoms with Gasteiger partial charge in [0.05, 0.1) is 25.9 Å². The lowest BCUT2D eigenvalue weighted by Gasteiger charge is -2.32. The van der Waals surface area contributed by atoms with E-state index in [2.05, 4.69) is 12.2 Å². The molecule has 1 aliphatic heterocycles. The van der Waals surface area contributed by atoms with Gasteiger partial charge in [-0.25, -0.2) is 0 Å². The molecule has 3 unspecified atom stereocenters. The monoisotopic (exact) mass is 213 g/mol. The van der Waals surface area contributed by atoms with Gasteiger partial charge in [-0.15, -0.1) is 0 Å². The van der Waals surface area contributed by atoms with Gasteiger partial charge in [-0.3, -0.25) is 0 Å². The second kappa shape index (κ2) is 5.83. The normalized spacial score (nSPS) is 37.8. The minimum absolute atomic E-state index is 0.271. The molecule has 2 fully saturated rings. The third kappa shape index (κ3) is 3.44. The Hall–Kier alpha value is -0.120. The van der Waals surface area contributed by atoms with Gasteiger partial charge in [0.15, 0.2) is 0 Å². The molecule has 2 aliphatic rings. The minimum Gasteiger partial charge on any atom is -0.376 e. The van der Waals surface area contributed by atoms with Crippen LogP contribution in [-0.4, -0.2) is 38.5 Å². The van der Waals surface area contributed by atoms with Crippen molar-refractivity contribution in [3.8, 4) is 0 Å². The molecule has 0 aromatic carbocycles. The summed E-state index contributed by atoms with van der Waals surface area (Å²) in [5.41, 5.74) is 0. The molecule has 0 aromatic heterocycles. The summed E-state index contributed by atoms with van der Waals surface area (Å²) in [6.45, 7) is 5.58. The SMILES string of the molecule is CC1CCCCC1NCC1COCCO1. The highest BCUT2D eigenvalue weighted by molar-refractivity contribution is 4.79. The van der Waals surface area contributed by atoms with Crippen LogP contribution in [-0.2, 0) is 9.47 Å². The first kappa shape index (κ1) is 11.4. The third-order valence-corrected chi connectivity index (χ3v) is 3.60. The number of hydrogen-bond donors (Lipinski definition) is 1. The summed E-state index contributed by atoms with van der Waals surface area (Å²) in [4.78, 5) is 0. The van der Waals surface area contributed by atoms with Crippen LogP contribution in [0.5, 0.6) is 0 Å². The predicted molar refractivity (Wildman–Crippen MR) is 60.0 cm³/mol. The summed E-state index contributed by atoms with van der Waals surface area (Å²) in [6.07, 6.45) is 5.76. The van der Waals surface area contributed by atoms with Gasteiger partial charge >= 0.3 is 0 Å². The highest BCUT2D eigenvalue weighted by Gasteiger charge is 2.22. The largest absolute Gasteiger partial charge is 0.376 e. The molecule has 88 valence electrons. The second-order valence-electron chi connectivity index (χ2n) is 4.84. The van der Waals surface area contributed by atoms with Crippen molar-refractivity contribution in [3.05, 3.63) is 0 Å². The summed E-state index contributed by atoms with van der Waals surface area (Å²) in [7, 11) is 0. The highest BCUT2D eigenvalue weighted by atomic mass is 16.6. The average Bonchev–Trinajstić information content (AvgIpc) is 2.29. The van der Waals surface area contributed by atoms with Crippen molar-refractivity contribution in [2.24, 2.45) is 5.92 Å². The molecule has 3 atom stereocenters. The lowest BCUT2D eigenvalue weighted by Crippen LogP contribution is -2.44. The second-order valence-corrected chi connectivity index (χ2v) is 4.84. The summed E-state index contributed by atoms with van der Waals surface area (Å²) < 4.78 is 11.0.